The molecule has 0 saturated carbocycles. The van der Waals surface area contributed by atoms with Crippen molar-refractivity contribution in [3.05, 3.63) is 10.4 Å². The number of nitrogens with one attached hydrogen (secondary N) is 2. The molecular formula is C14H25N5O5. The van der Waals surface area contributed by atoms with Crippen molar-refractivity contribution < 1.29 is 23.9 Å². The molecule has 0 aliphatic carbocycles. The molecule has 136 valence electrons. The summed E-state index contributed by atoms with van der Waals surface area (Å²) in [5.74, 6) is -0.937. The Kier molecular flexibility index (Phi) is 9.97. The van der Waals surface area contributed by atoms with Crippen LogP contribution in [0, 0.1) is 0 Å². The fourth-order valence-electron chi connectivity index (χ4n) is 1.63. The van der Waals surface area contributed by atoms with Crippen molar-refractivity contribution in [3.63, 3.8) is 0 Å². The summed E-state index contributed by atoms with van der Waals surface area (Å²) in [5.41, 5.74) is 7.42. The zero-order valence-electron chi connectivity index (χ0n) is 14.5. The molecule has 1 unspecified atom stereocenters. The minimum absolute atomic E-state index is 0.0249. The molecule has 1 atom stereocenters. The third-order valence-electron chi connectivity index (χ3n) is 2.66. The summed E-state index contributed by atoms with van der Waals surface area (Å²) in [5, 5.41) is 8.37. The molecule has 0 aromatic carbocycles. The molecule has 0 rings (SSSR count). The topological polar surface area (TPSA) is 142 Å². The number of methoxy groups -OCH3 is 1. The van der Waals surface area contributed by atoms with E-state index in [1.54, 1.807) is 20.8 Å². The van der Waals surface area contributed by atoms with Gasteiger partial charge in [-0.2, -0.15) is 0 Å². The molecule has 0 aliphatic heterocycles. The first kappa shape index (κ1) is 21.5. The first-order valence-electron chi connectivity index (χ1n) is 7.54. The fourth-order valence-corrected chi connectivity index (χ4v) is 1.63. The summed E-state index contributed by atoms with van der Waals surface area (Å²) in [6.07, 6.45) is -0.134. The highest BCUT2D eigenvalue weighted by molar-refractivity contribution is 5.82. The van der Waals surface area contributed by atoms with Gasteiger partial charge in [-0.05, 0) is 39.1 Å². The van der Waals surface area contributed by atoms with Crippen LogP contribution in [0.15, 0.2) is 5.11 Å². The molecule has 0 fully saturated rings. The van der Waals surface area contributed by atoms with Crippen molar-refractivity contribution >= 4 is 18.0 Å². The smallest absolute Gasteiger partial charge is 0.408 e. The molecule has 24 heavy (non-hydrogen) atoms. The maximum absolute atomic E-state index is 11.7. The van der Waals surface area contributed by atoms with Gasteiger partial charge in [0.1, 0.15) is 11.6 Å². The van der Waals surface area contributed by atoms with Gasteiger partial charge >= 0.3 is 12.1 Å². The van der Waals surface area contributed by atoms with Crippen molar-refractivity contribution in [1.29, 1.82) is 0 Å². The standard InChI is InChI=1S/C14H25N5O5/c1-14(2,3)24-13(22)18-10(12(21)23-4)6-7-11(20)16-8-5-9-17-19-15/h10H,5-9H2,1-4H3,(H,16,20)(H,18,22). The van der Waals surface area contributed by atoms with Gasteiger partial charge < -0.3 is 20.1 Å². The number of amides is 2. The number of hydrogen-bond donors (Lipinski definition) is 2. The van der Waals surface area contributed by atoms with Gasteiger partial charge in [0.25, 0.3) is 0 Å². The van der Waals surface area contributed by atoms with E-state index in [1.165, 1.54) is 7.11 Å². The summed E-state index contributed by atoms with van der Waals surface area (Å²) >= 11 is 0. The van der Waals surface area contributed by atoms with E-state index >= 15 is 0 Å². The number of rotatable bonds is 9. The largest absolute Gasteiger partial charge is 0.467 e. The molecule has 2 amide bonds. The lowest BCUT2D eigenvalue weighted by Gasteiger charge is -2.22. The highest BCUT2D eigenvalue weighted by Crippen LogP contribution is 2.08. The van der Waals surface area contributed by atoms with Gasteiger partial charge in [-0.3, -0.25) is 4.79 Å². The van der Waals surface area contributed by atoms with Gasteiger partial charge in [0.15, 0.2) is 0 Å². The minimum atomic E-state index is -0.973. The number of alkyl carbamates (subject to hydrolysis) is 1. The van der Waals surface area contributed by atoms with Crippen molar-refractivity contribution in [3.8, 4) is 0 Å². The maximum atomic E-state index is 11.7. The van der Waals surface area contributed by atoms with Gasteiger partial charge in [0.05, 0.1) is 7.11 Å². The second-order valence-corrected chi connectivity index (χ2v) is 5.92. The summed E-state index contributed by atoms with van der Waals surface area (Å²) in [6, 6.07) is -0.973. The van der Waals surface area contributed by atoms with E-state index in [0.29, 0.717) is 19.5 Å². The Morgan fingerprint density at radius 1 is 1.29 bits per heavy atom. The Morgan fingerprint density at radius 3 is 2.50 bits per heavy atom. The first-order valence-corrected chi connectivity index (χ1v) is 7.54. The van der Waals surface area contributed by atoms with E-state index in [1.807, 2.05) is 0 Å². The molecule has 2 N–H and O–H groups in total. The average molecular weight is 343 g/mol. The van der Waals surface area contributed by atoms with Crippen LogP contribution in [0.1, 0.15) is 40.0 Å². The SMILES string of the molecule is COC(=O)C(CCC(=O)NCCCN=[N+]=[N-])NC(=O)OC(C)(C)C. The van der Waals surface area contributed by atoms with E-state index in [2.05, 4.69) is 25.4 Å². The van der Waals surface area contributed by atoms with E-state index in [9.17, 15) is 14.4 Å². The van der Waals surface area contributed by atoms with Crippen molar-refractivity contribution in [2.45, 2.75) is 51.7 Å². The Hall–Kier alpha value is -2.48. The van der Waals surface area contributed by atoms with Crippen molar-refractivity contribution in [2.75, 3.05) is 20.2 Å². The minimum Gasteiger partial charge on any atom is -0.467 e. The number of nitrogens with zero attached hydrogens (tertiary/aromatic N) is 3. The van der Waals surface area contributed by atoms with E-state index in [-0.39, 0.29) is 18.7 Å². The summed E-state index contributed by atoms with van der Waals surface area (Å²) in [6.45, 7) is 5.75. The highest BCUT2D eigenvalue weighted by Gasteiger charge is 2.25. The van der Waals surface area contributed by atoms with Crippen LogP contribution >= 0.6 is 0 Å². The van der Waals surface area contributed by atoms with Gasteiger partial charge in [-0.15, -0.1) is 0 Å². The average Bonchev–Trinajstić information content (AvgIpc) is 2.48. The lowest BCUT2D eigenvalue weighted by molar-refractivity contribution is -0.143. The molecule has 0 aromatic rings. The first-order chi connectivity index (χ1) is 11.2. The molecule has 0 aliphatic rings. The summed E-state index contributed by atoms with van der Waals surface area (Å²) in [4.78, 5) is 37.7. The number of ether oxygens (including phenoxy) is 2. The van der Waals surface area contributed by atoms with Crippen LogP contribution in [-0.2, 0) is 19.1 Å². The number of azide groups is 1. The molecule has 0 bridgehead atoms. The van der Waals surface area contributed by atoms with Gasteiger partial charge in [-0.1, -0.05) is 5.11 Å². The number of hydrogen-bond acceptors (Lipinski definition) is 6. The molecule has 0 saturated heterocycles. The second-order valence-electron chi connectivity index (χ2n) is 5.92. The number of carbonyl (C=O) groups excluding carboxylic acids is 3. The Morgan fingerprint density at radius 2 is 1.96 bits per heavy atom. The zero-order valence-corrected chi connectivity index (χ0v) is 14.5. The predicted molar refractivity (Wildman–Crippen MR) is 86.0 cm³/mol. The molecule has 0 heterocycles. The van der Waals surface area contributed by atoms with Crippen LogP contribution in [0.3, 0.4) is 0 Å². The Bertz CT molecular complexity index is 482. The van der Waals surface area contributed by atoms with Crippen LogP contribution in [-0.4, -0.2) is 49.8 Å². The normalized spacial score (nSPS) is 11.7. The molecule has 10 heteroatoms. The maximum Gasteiger partial charge on any atom is 0.408 e. The summed E-state index contributed by atoms with van der Waals surface area (Å²) < 4.78 is 9.69. The van der Waals surface area contributed by atoms with Crippen LogP contribution in [0.4, 0.5) is 4.79 Å². The summed E-state index contributed by atoms with van der Waals surface area (Å²) in [7, 11) is 1.20. The third-order valence-corrected chi connectivity index (χ3v) is 2.66. The van der Waals surface area contributed by atoms with E-state index in [4.69, 9.17) is 10.3 Å². The second kappa shape index (κ2) is 11.1. The fraction of sp³-hybridized carbons (Fsp3) is 0.786. The van der Waals surface area contributed by atoms with Crippen LogP contribution in [0.25, 0.3) is 10.4 Å². The van der Waals surface area contributed by atoms with Gasteiger partial charge in [-0.25, -0.2) is 9.59 Å². The molecule has 0 spiro atoms. The third kappa shape index (κ3) is 11.1. The molecule has 10 nitrogen and oxygen atoms in total. The van der Waals surface area contributed by atoms with Crippen LogP contribution < -0.4 is 10.6 Å². The predicted octanol–water partition coefficient (Wildman–Crippen LogP) is 1.65. The molecular weight excluding hydrogens is 318 g/mol. The van der Waals surface area contributed by atoms with Crippen molar-refractivity contribution in [2.24, 2.45) is 5.11 Å². The lowest BCUT2D eigenvalue weighted by Crippen LogP contribution is -2.44. The Labute approximate surface area is 140 Å². The quantitative estimate of drug-likeness (QED) is 0.215. The van der Waals surface area contributed by atoms with E-state index in [0.717, 1.165) is 0 Å². The van der Waals surface area contributed by atoms with Gasteiger partial charge in [0, 0.05) is 24.4 Å². The Balaban J connectivity index is 4.33. The zero-order chi connectivity index (χ0) is 18.6. The van der Waals surface area contributed by atoms with E-state index < -0.39 is 23.7 Å². The highest BCUT2D eigenvalue weighted by atomic mass is 16.6. The van der Waals surface area contributed by atoms with Crippen LogP contribution in [0.5, 0.6) is 0 Å². The lowest BCUT2D eigenvalue weighted by atomic mass is 10.1. The number of carbonyl (C=O) groups is 3. The van der Waals surface area contributed by atoms with Gasteiger partial charge in [0.2, 0.25) is 5.91 Å². The number of esters is 1. The molecule has 0 aromatic heterocycles. The monoisotopic (exact) mass is 343 g/mol. The van der Waals surface area contributed by atoms with Crippen LogP contribution in [0.2, 0.25) is 0 Å². The van der Waals surface area contributed by atoms with Crippen molar-refractivity contribution in [1.82, 2.24) is 10.6 Å². The molecule has 0 radical (unpaired) electrons.